The van der Waals surface area contributed by atoms with Gasteiger partial charge in [-0.2, -0.15) is 10.1 Å². The van der Waals surface area contributed by atoms with Crippen molar-refractivity contribution >= 4 is 22.6 Å². The van der Waals surface area contributed by atoms with Gasteiger partial charge in [0.1, 0.15) is 11.5 Å². The first kappa shape index (κ1) is 15.6. The number of H-pyrrole nitrogens is 1. The van der Waals surface area contributed by atoms with E-state index in [9.17, 15) is 4.79 Å². The Morgan fingerprint density at radius 3 is 2.84 bits per heavy atom. The molecule has 4 N–H and O–H groups in total. The molecule has 0 radical (unpaired) electrons. The second kappa shape index (κ2) is 5.84. The van der Waals surface area contributed by atoms with E-state index in [1.165, 1.54) is 0 Å². The topological polar surface area (TPSA) is 113 Å². The molecule has 0 aliphatic heterocycles. The minimum absolute atomic E-state index is 0.204. The van der Waals surface area contributed by atoms with Gasteiger partial charge in [0.15, 0.2) is 5.65 Å². The van der Waals surface area contributed by atoms with Gasteiger partial charge in [-0.25, -0.2) is 9.48 Å². The molecular formula is C18H20N6O. The molecule has 1 saturated carbocycles. The van der Waals surface area contributed by atoms with Crippen molar-refractivity contribution in [3.63, 3.8) is 0 Å². The summed E-state index contributed by atoms with van der Waals surface area (Å²) in [6.07, 6.45) is 4.27. The second-order valence-corrected chi connectivity index (χ2v) is 6.63. The van der Waals surface area contributed by atoms with Crippen LogP contribution in [0.15, 0.2) is 29.1 Å². The van der Waals surface area contributed by atoms with E-state index >= 15 is 0 Å². The van der Waals surface area contributed by atoms with Gasteiger partial charge in [-0.1, -0.05) is 36.6 Å². The van der Waals surface area contributed by atoms with Gasteiger partial charge in [-0.15, -0.1) is 0 Å². The first-order valence-electron chi connectivity index (χ1n) is 8.48. The number of nitrogens with one attached hydrogen (secondary N) is 2. The van der Waals surface area contributed by atoms with Gasteiger partial charge in [0, 0.05) is 5.56 Å². The van der Waals surface area contributed by atoms with Crippen molar-refractivity contribution in [3.8, 4) is 0 Å². The maximum atomic E-state index is 11.8. The minimum Gasteiger partial charge on any atom is -0.384 e. The fourth-order valence-corrected chi connectivity index (χ4v) is 3.60. The van der Waals surface area contributed by atoms with E-state index in [0.29, 0.717) is 16.7 Å². The van der Waals surface area contributed by atoms with E-state index in [1.807, 2.05) is 31.2 Å². The molecular weight excluding hydrogens is 316 g/mol. The summed E-state index contributed by atoms with van der Waals surface area (Å²) in [6.45, 7) is 1.99. The molecule has 7 nitrogen and oxygen atoms in total. The normalized spacial score (nSPS) is 15.1. The highest BCUT2D eigenvalue weighted by molar-refractivity contribution is 6.17. The number of nitrogen functional groups attached to an aromatic ring is 1. The van der Waals surface area contributed by atoms with Crippen LogP contribution >= 0.6 is 0 Å². The minimum atomic E-state index is -0.488. The Morgan fingerprint density at radius 2 is 2.12 bits per heavy atom. The molecule has 3 aromatic rings. The number of hydrogen-bond acceptors (Lipinski definition) is 5. The lowest BCUT2D eigenvalue weighted by Crippen LogP contribution is -2.15. The molecule has 0 spiro atoms. The van der Waals surface area contributed by atoms with E-state index in [1.54, 1.807) is 4.68 Å². The largest absolute Gasteiger partial charge is 0.384 e. The van der Waals surface area contributed by atoms with Crippen molar-refractivity contribution in [2.75, 3.05) is 5.73 Å². The predicted octanol–water partition coefficient (Wildman–Crippen LogP) is 2.54. The summed E-state index contributed by atoms with van der Waals surface area (Å²) in [5, 5.41) is 13.9. The molecule has 2 heterocycles. The van der Waals surface area contributed by atoms with Crippen LogP contribution in [0.1, 0.15) is 48.5 Å². The molecule has 0 atom stereocenters. The maximum Gasteiger partial charge on any atom is 0.348 e. The van der Waals surface area contributed by atoms with E-state index in [-0.39, 0.29) is 17.6 Å². The van der Waals surface area contributed by atoms with Crippen LogP contribution < -0.4 is 11.4 Å². The summed E-state index contributed by atoms with van der Waals surface area (Å²) in [4.78, 5) is 18.5. The first-order valence-corrected chi connectivity index (χ1v) is 8.48. The van der Waals surface area contributed by atoms with Crippen LogP contribution in [0.4, 0.5) is 5.82 Å². The third kappa shape index (κ3) is 2.61. The van der Waals surface area contributed by atoms with Crippen LogP contribution in [0.5, 0.6) is 0 Å². The number of rotatable bonds is 3. The van der Waals surface area contributed by atoms with Gasteiger partial charge in [0.25, 0.3) is 0 Å². The Hall–Kier alpha value is -2.96. The molecule has 7 heteroatoms. The maximum absolute atomic E-state index is 11.8. The zero-order valence-corrected chi connectivity index (χ0v) is 14.0. The summed E-state index contributed by atoms with van der Waals surface area (Å²) < 4.78 is 1.80. The highest BCUT2D eigenvalue weighted by Gasteiger charge is 2.26. The highest BCUT2D eigenvalue weighted by atomic mass is 16.1. The van der Waals surface area contributed by atoms with Crippen LogP contribution in [0.3, 0.4) is 0 Å². The molecule has 4 rings (SSSR count). The molecule has 0 bridgehead atoms. The average molecular weight is 336 g/mol. The number of aryl methyl sites for hydroxylation is 1. The van der Waals surface area contributed by atoms with Crippen molar-refractivity contribution in [1.82, 2.24) is 19.7 Å². The standard InChI is InChI=1S/C18H20N6O/c1-10-5-4-6-11(9-10)14(19)15-13-16(20)21-18(25)22-17(13)24(23-15)12-7-2-3-8-12/h4-6,9,12,19H,2-3,7-8H2,1H3,(H3,20,21,22,25). The molecule has 25 heavy (non-hydrogen) atoms. The zero-order chi connectivity index (χ0) is 17.6. The van der Waals surface area contributed by atoms with Gasteiger partial charge in [-0.05, 0) is 25.8 Å². The molecule has 2 aromatic heterocycles. The summed E-state index contributed by atoms with van der Waals surface area (Å²) in [7, 11) is 0. The summed E-state index contributed by atoms with van der Waals surface area (Å²) >= 11 is 0. The van der Waals surface area contributed by atoms with Crippen LogP contribution in [0.2, 0.25) is 0 Å². The third-order valence-corrected chi connectivity index (χ3v) is 4.82. The Morgan fingerprint density at radius 1 is 1.36 bits per heavy atom. The average Bonchev–Trinajstić information content (AvgIpc) is 3.21. The molecule has 1 aromatic carbocycles. The zero-order valence-electron chi connectivity index (χ0n) is 14.0. The Kier molecular flexibility index (Phi) is 3.63. The summed E-state index contributed by atoms with van der Waals surface area (Å²) in [6, 6.07) is 7.93. The smallest absolute Gasteiger partial charge is 0.348 e. The fraction of sp³-hybridized carbons (Fsp3) is 0.333. The van der Waals surface area contributed by atoms with E-state index in [0.717, 1.165) is 36.8 Å². The fourth-order valence-electron chi connectivity index (χ4n) is 3.60. The van der Waals surface area contributed by atoms with Gasteiger partial charge in [0.05, 0.1) is 17.1 Å². The number of nitrogens with two attached hydrogens (primary N) is 1. The Bertz CT molecular complexity index is 1030. The van der Waals surface area contributed by atoms with Crippen LogP contribution in [0, 0.1) is 12.3 Å². The summed E-state index contributed by atoms with van der Waals surface area (Å²) in [5.74, 6) is 0.214. The molecule has 128 valence electrons. The lowest BCUT2D eigenvalue weighted by Gasteiger charge is -2.10. The number of nitrogens with zero attached hydrogens (tertiary/aromatic N) is 3. The Labute approximate surface area is 144 Å². The van der Waals surface area contributed by atoms with E-state index in [4.69, 9.17) is 11.1 Å². The number of anilines is 1. The Balaban J connectivity index is 1.94. The number of benzene rings is 1. The van der Waals surface area contributed by atoms with Gasteiger partial charge in [0.2, 0.25) is 0 Å². The molecule has 0 amide bonds. The summed E-state index contributed by atoms with van der Waals surface area (Å²) in [5.41, 5.74) is 8.64. The number of aromatic nitrogens is 4. The number of fused-ring (bicyclic) bond motifs is 1. The molecule has 1 fully saturated rings. The monoisotopic (exact) mass is 336 g/mol. The molecule has 1 aliphatic rings. The number of hydrogen-bond donors (Lipinski definition) is 3. The molecule has 0 saturated heterocycles. The second-order valence-electron chi connectivity index (χ2n) is 6.63. The molecule has 1 aliphatic carbocycles. The highest BCUT2D eigenvalue weighted by Crippen LogP contribution is 2.33. The van der Waals surface area contributed by atoms with Gasteiger partial charge >= 0.3 is 5.69 Å². The quantitative estimate of drug-likeness (QED) is 0.638. The van der Waals surface area contributed by atoms with Crippen LogP contribution in [0.25, 0.3) is 11.0 Å². The van der Waals surface area contributed by atoms with Crippen LogP contribution in [-0.2, 0) is 0 Å². The molecule has 0 unspecified atom stereocenters. The lowest BCUT2D eigenvalue weighted by molar-refractivity contribution is 0.477. The van der Waals surface area contributed by atoms with Crippen molar-refractivity contribution < 1.29 is 0 Å². The van der Waals surface area contributed by atoms with Crippen molar-refractivity contribution in [1.29, 1.82) is 5.41 Å². The SMILES string of the molecule is Cc1cccc(C(=N)c2nn(C3CCCC3)c3nc(=O)[nH]c(N)c23)c1. The van der Waals surface area contributed by atoms with Crippen molar-refractivity contribution in [2.45, 2.75) is 38.6 Å². The van der Waals surface area contributed by atoms with Crippen LogP contribution in [-0.4, -0.2) is 25.5 Å². The van der Waals surface area contributed by atoms with Gasteiger partial charge < -0.3 is 5.73 Å². The van der Waals surface area contributed by atoms with Crippen molar-refractivity contribution in [2.24, 2.45) is 0 Å². The van der Waals surface area contributed by atoms with E-state index < -0.39 is 5.69 Å². The number of aromatic amines is 1. The third-order valence-electron chi connectivity index (χ3n) is 4.82. The van der Waals surface area contributed by atoms with E-state index in [2.05, 4.69) is 15.1 Å². The van der Waals surface area contributed by atoms with Crippen molar-refractivity contribution in [3.05, 3.63) is 51.6 Å². The van der Waals surface area contributed by atoms with Gasteiger partial charge in [-0.3, -0.25) is 10.4 Å². The predicted molar refractivity (Wildman–Crippen MR) is 97.2 cm³/mol. The lowest BCUT2D eigenvalue weighted by atomic mass is 10.0. The first-order chi connectivity index (χ1) is 12.0.